The molecule has 1 heterocycles. The van der Waals surface area contributed by atoms with Crippen LogP contribution < -0.4 is 5.32 Å². The molecule has 1 unspecified atom stereocenters. The highest BCUT2D eigenvalue weighted by Gasteiger charge is 2.37. The van der Waals surface area contributed by atoms with Crippen LogP contribution in [0.4, 0.5) is 4.39 Å². The number of piperazine rings is 1. The Morgan fingerprint density at radius 2 is 2.05 bits per heavy atom. The maximum absolute atomic E-state index is 13.5. The fourth-order valence-corrected chi connectivity index (χ4v) is 3.26. The minimum atomic E-state index is -0.132. The third-order valence-electron chi connectivity index (χ3n) is 4.93. The Labute approximate surface area is 122 Å². The molecule has 0 saturated carbocycles. The normalized spacial score (nSPS) is 22.9. The fraction of sp³-hybridized carbons (Fsp3) is 0.647. The lowest BCUT2D eigenvalue weighted by Crippen LogP contribution is -2.63. The zero-order valence-corrected chi connectivity index (χ0v) is 13.2. The van der Waals surface area contributed by atoms with Gasteiger partial charge in [0.15, 0.2) is 0 Å². The monoisotopic (exact) mass is 278 g/mol. The van der Waals surface area contributed by atoms with E-state index in [0.717, 1.165) is 38.0 Å². The van der Waals surface area contributed by atoms with Crippen LogP contribution in [0.3, 0.4) is 0 Å². The van der Waals surface area contributed by atoms with Gasteiger partial charge in [-0.2, -0.15) is 0 Å². The predicted octanol–water partition coefficient (Wildman–Crippen LogP) is 3.49. The molecular weight excluding hydrogens is 251 g/mol. The highest BCUT2D eigenvalue weighted by Crippen LogP contribution is 2.29. The van der Waals surface area contributed by atoms with Crippen molar-refractivity contribution >= 4 is 0 Å². The summed E-state index contributed by atoms with van der Waals surface area (Å²) < 4.78 is 13.5. The number of hydrogen-bond donors (Lipinski definition) is 1. The van der Waals surface area contributed by atoms with Crippen LogP contribution in [-0.2, 0) is 6.54 Å². The van der Waals surface area contributed by atoms with E-state index in [4.69, 9.17) is 0 Å². The number of rotatable bonds is 4. The van der Waals surface area contributed by atoms with Crippen LogP contribution in [0, 0.1) is 12.7 Å². The van der Waals surface area contributed by atoms with Gasteiger partial charge in [0.05, 0.1) is 0 Å². The van der Waals surface area contributed by atoms with E-state index < -0.39 is 0 Å². The van der Waals surface area contributed by atoms with E-state index in [1.807, 2.05) is 6.07 Å². The van der Waals surface area contributed by atoms with E-state index >= 15 is 0 Å². The highest BCUT2D eigenvalue weighted by molar-refractivity contribution is 5.27. The molecule has 3 heteroatoms. The van der Waals surface area contributed by atoms with Gasteiger partial charge in [-0.3, -0.25) is 4.90 Å². The van der Waals surface area contributed by atoms with Crippen molar-refractivity contribution in [3.8, 4) is 0 Å². The molecule has 0 spiro atoms. The van der Waals surface area contributed by atoms with Crippen molar-refractivity contribution in [1.82, 2.24) is 10.2 Å². The molecular formula is C17H27FN2. The molecule has 1 atom stereocenters. The average Bonchev–Trinajstić information content (AvgIpc) is 2.44. The molecule has 0 aliphatic carbocycles. The summed E-state index contributed by atoms with van der Waals surface area (Å²) in [6.45, 7) is 11.7. The van der Waals surface area contributed by atoms with Crippen molar-refractivity contribution < 1.29 is 4.39 Å². The molecule has 1 aliphatic rings. The molecule has 0 radical (unpaired) electrons. The quantitative estimate of drug-likeness (QED) is 0.907. The molecule has 1 aromatic rings. The standard InChI is InChI=1S/C17H27FN2/c1-5-17(6-2)12-19-14(4)10-20(17)11-15-9-16(18)8-7-13(15)3/h7-9,14,19H,5-6,10-12H2,1-4H3. The molecule has 112 valence electrons. The van der Waals surface area contributed by atoms with Crippen LogP contribution in [0.25, 0.3) is 0 Å². The molecule has 0 bridgehead atoms. The van der Waals surface area contributed by atoms with Crippen LogP contribution in [0.1, 0.15) is 44.7 Å². The van der Waals surface area contributed by atoms with Crippen molar-refractivity contribution in [1.29, 1.82) is 0 Å². The number of halogens is 1. The summed E-state index contributed by atoms with van der Waals surface area (Å²) >= 11 is 0. The number of nitrogens with one attached hydrogen (secondary N) is 1. The second-order valence-electron chi connectivity index (χ2n) is 6.16. The topological polar surface area (TPSA) is 15.3 Å². The van der Waals surface area contributed by atoms with Gasteiger partial charge >= 0.3 is 0 Å². The van der Waals surface area contributed by atoms with Crippen LogP contribution in [0.5, 0.6) is 0 Å². The summed E-state index contributed by atoms with van der Waals surface area (Å²) in [5, 5.41) is 3.60. The first kappa shape index (κ1) is 15.5. The Hall–Kier alpha value is -0.930. The Morgan fingerprint density at radius 3 is 2.70 bits per heavy atom. The molecule has 1 aliphatic heterocycles. The summed E-state index contributed by atoms with van der Waals surface area (Å²) in [5.74, 6) is -0.132. The Morgan fingerprint density at radius 1 is 1.35 bits per heavy atom. The zero-order valence-electron chi connectivity index (χ0n) is 13.2. The molecule has 0 aromatic heterocycles. The van der Waals surface area contributed by atoms with E-state index in [0.29, 0.717) is 6.04 Å². The van der Waals surface area contributed by atoms with Gasteiger partial charge in [0.25, 0.3) is 0 Å². The number of hydrogen-bond acceptors (Lipinski definition) is 2. The number of aryl methyl sites for hydroxylation is 1. The van der Waals surface area contributed by atoms with Gasteiger partial charge in [0.1, 0.15) is 5.82 Å². The summed E-state index contributed by atoms with van der Waals surface area (Å²) in [6, 6.07) is 5.62. The van der Waals surface area contributed by atoms with Crippen LogP contribution in [0.15, 0.2) is 18.2 Å². The maximum atomic E-state index is 13.5. The lowest BCUT2D eigenvalue weighted by atomic mass is 9.86. The third kappa shape index (κ3) is 3.04. The van der Waals surface area contributed by atoms with E-state index in [1.165, 1.54) is 5.56 Å². The molecule has 1 N–H and O–H groups in total. The molecule has 1 fully saturated rings. The van der Waals surface area contributed by atoms with E-state index in [2.05, 4.69) is 37.9 Å². The van der Waals surface area contributed by atoms with Gasteiger partial charge in [-0.15, -0.1) is 0 Å². The zero-order chi connectivity index (χ0) is 14.8. The van der Waals surface area contributed by atoms with E-state index in [1.54, 1.807) is 12.1 Å². The Balaban J connectivity index is 2.25. The fourth-order valence-electron chi connectivity index (χ4n) is 3.26. The van der Waals surface area contributed by atoms with Crippen molar-refractivity contribution in [2.45, 2.75) is 58.7 Å². The molecule has 2 rings (SSSR count). The first-order valence-corrected chi connectivity index (χ1v) is 7.74. The molecule has 1 saturated heterocycles. The van der Waals surface area contributed by atoms with Gasteiger partial charge in [0, 0.05) is 31.2 Å². The Kier molecular flexibility index (Phi) is 4.82. The second-order valence-corrected chi connectivity index (χ2v) is 6.16. The summed E-state index contributed by atoms with van der Waals surface area (Å²) in [5.41, 5.74) is 2.50. The van der Waals surface area contributed by atoms with Gasteiger partial charge in [-0.05, 0) is 49.9 Å². The lowest BCUT2D eigenvalue weighted by molar-refractivity contribution is 0.0276. The van der Waals surface area contributed by atoms with Crippen LogP contribution in [-0.4, -0.2) is 29.6 Å². The predicted molar refractivity (Wildman–Crippen MR) is 82.3 cm³/mol. The lowest BCUT2D eigenvalue weighted by Gasteiger charge is -2.49. The van der Waals surface area contributed by atoms with Crippen molar-refractivity contribution in [3.05, 3.63) is 35.1 Å². The SMILES string of the molecule is CCC1(CC)CNC(C)CN1Cc1cc(F)ccc1C. The minimum Gasteiger partial charge on any atom is -0.311 e. The largest absolute Gasteiger partial charge is 0.311 e. The van der Waals surface area contributed by atoms with Gasteiger partial charge in [-0.1, -0.05) is 19.9 Å². The van der Waals surface area contributed by atoms with Crippen LogP contribution in [0.2, 0.25) is 0 Å². The highest BCUT2D eigenvalue weighted by atomic mass is 19.1. The molecule has 20 heavy (non-hydrogen) atoms. The van der Waals surface area contributed by atoms with Gasteiger partial charge in [0.2, 0.25) is 0 Å². The number of nitrogens with zero attached hydrogens (tertiary/aromatic N) is 1. The van der Waals surface area contributed by atoms with E-state index in [9.17, 15) is 4.39 Å². The van der Waals surface area contributed by atoms with Gasteiger partial charge < -0.3 is 5.32 Å². The minimum absolute atomic E-state index is 0.132. The molecule has 1 aromatic carbocycles. The third-order valence-corrected chi connectivity index (χ3v) is 4.93. The molecule has 2 nitrogen and oxygen atoms in total. The first-order valence-electron chi connectivity index (χ1n) is 7.74. The van der Waals surface area contributed by atoms with Crippen LogP contribution >= 0.6 is 0 Å². The smallest absolute Gasteiger partial charge is 0.123 e. The summed E-state index contributed by atoms with van der Waals surface area (Å²) in [6.07, 6.45) is 2.25. The Bertz CT molecular complexity index is 454. The molecule has 0 amide bonds. The van der Waals surface area contributed by atoms with Crippen molar-refractivity contribution in [2.75, 3.05) is 13.1 Å². The summed E-state index contributed by atoms with van der Waals surface area (Å²) in [7, 11) is 0. The first-order chi connectivity index (χ1) is 9.50. The van der Waals surface area contributed by atoms with Crippen molar-refractivity contribution in [3.63, 3.8) is 0 Å². The summed E-state index contributed by atoms with van der Waals surface area (Å²) in [4.78, 5) is 2.55. The van der Waals surface area contributed by atoms with Crippen molar-refractivity contribution in [2.24, 2.45) is 0 Å². The maximum Gasteiger partial charge on any atom is 0.123 e. The van der Waals surface area contributed by atoms with Gasteiger partial charge in [-0.25, -0.2) is 4.39 Å². The average molecular weight is 278 g/mol. The second kappa shape index (κ2) is 6.23. The van der Waals surface area contributed by atoms with E-state index in [-0.39, 0.29) is 11.4 Å². The number of benzene rings is 1.